The number of benzene rings is 1. The molecule has 0 saturated heterocycles. The zero-order chi connectivity index (χ0) is 11.4. The van der Waals surface area contributed by atoms with Gasteiger partial charge in [-0.15, -0.1) is 16.8 Å². The van der Waals surface area contributed by atoms with E-state index >= 15 is 0 Å². The van der Waals surface area contributed by atoms with E-state index in [1.165, 1.54) is 7.11 Å². The van der Waals surface area contributed by atoms with Gasteiger partial charge in [0.1, 0.15) is 7.11 Å². The molecule has 0 aliphatic rings. The fraction of sp³-hybridized carbons (Fsp3) is 0.250. The third kappa shape index (κ3) is 5.26. The second kappa shape index (κ2) is 9.33. The molecule has 0 bridgehead atoms. The molecule has 1 rings (SSSR count). The molecule has 0 spiro atoms. The van der Waals surface area contributed by atoms with Crippen LogP contribution in [-0.2, 0) is 42.3 Å². The van der Waals surface area contributed by atoms with Gasteiger partial charge >= 0.3 is 0 Å². The smallest absolute Gasteiger partial charge is 0.106 e. The van der Waals surface area contributed by atoms with Gasteiger partial charge in [0, 0.05) is 70.1 Å². The monoisotopic (exact) mass is 530 g/mol. The second-order valence-electron chi connectivity index (χ2n) is 3.32. The molecule has 5 heteroatoms. The average molecular weight is 530 g/mol. The Balaban J connectivity index is 0. The van der Waals surface area contributed by atoms with Crippen LogP contribution in [0.3, 0.4) is 0 Å². The van der Waals surface area contributed by atoms with Gasteiger partial charge < -0.3 is 9.63 Å². The molecular weight excluding hydrogens is 517 g/mol. The molecular formula is C12H13NO2UY-2. The van der Waals surface area contributed by atoms with Crippen LogP contribution < -0.4 is 0 Å². The number of oxime groups is 1. The van der Waals surface area contributed by atoms with Gasteiger partial charge in [0.25, 0.3) is 0 Å². The first kappa shape index (κ1) is 19.7. The van der Waals surface area contributed by atoms with Crippen LogP contribution in [0.15, 0.2) is 17.3 Å². The topological polar surface area (TPSA) is 38.7 Å². The first-order valence-corrected chi connectivity index (χ1v) is 4.53. The van der Waals surface area contributed by atoms with E-state index in [0.717, 1.165) is 16.7 Å². The molecule has 87 valence electrons. The van der Waals surface area contributed by atoms with E-state index in [4.69, 9.17) is 0 Å². The van der Waals surface area contributed by atoms with E-state index in [-0.39, 0.29) is 69.5 Å². The second-order valence-corrected chi connectivity index (χ2v) is 3.32. The summed E-state index contributed by atoms with van der Waals surface area (Å²) in [5.74, 6) is 0. The van der Waals surface area contributed by atoms with Crippen LogP contribution in [0.4, 0.5) is 0 Å². The third-order valence-electron chi connectivity index (χ3n) is 2.25. The molecule has 3 nitrogen and oxygen atoms in total. The summed E-state index contributed by atoms with van der Waals surface area (Å²) in [6.07, 6.45) is 1.74. The number of hydrogen-bond acceptors (Lipinski definition) is 3. The molecule has 0 heterocycles. The van der Waals surface area contributed by atoms with Crippen molar-refractivity contribution < 1.29 is 73.5 Å². The Hall–Kier alpha value is 0.386. The van der Waals surface area contributed by atoms with Gasteiger partial charge in [-0.3, -0.25) is 0 Å². The molecule has 0 aromatic heterocycles. The van der Waals surface area contributed by atoms with Crippen LogP contribution in [0.5, 0.6) is 0 Å². The van der Waals surface area contributed by atoms with Gasteiger partial charge in [-0.25, -0.2) is 12.5 Å². The minimum absolute atomic E-state index is 0. The molecule has 1 aromatic carbocycles. The van der Waals surface area contributed by atoms with Gasteiger partial charge in [0.2, 0.25) is 0 Å². The fourth-order valence-electron chi connectivity index (χ4n) is 1.31. The van der Waals surface area contributed by atoms with Crippen LogP contribution in [0.1, 0.15) is 22.3 Å². The predicted octanol–water partition coefficient (Wildman–Crippen LogP) is 1.94. The molecule has 0 N–H and O–H groups in total. The summed E-state index contributed by atoms with van der Waals surface area (Å²) in [6.45, 7) is 7.82. The van der Waals surface area contributed by atoms with Crippen molar-refractivity contribution >= 4 is 12.0 Å². The van der Waals surface area contributed by atoms with Crippen molar-refractivity contribution in [2.75, 3.05) is 7.11 Å². The third-order valence-corrected chi connectivity index (χ3v) is 2.25. The summed E-state index contributed by atoms with van der Waals surface area (Å²) < 4.78 is 0. The van der Waals surface area contributed by atoms with Gasteiger partial charge in [-0.1, -0.05) is 12.5 Å². The summed E-state index contributed by atoms with van der Waals surface area (Å²) in [7, 11) is 1.39. The van der Waals surface area contributed by atoms with Crippen LogP contribution in [0, 0.1) is 51.9 Å². The number of rotatable bonds is 3. The van der Waals surface area contributed by atoms with E-state index in [1.54, 1.807) is 6.29 Å². The SMILES string of the molecule is [CH2-]c1cc(C)c(C)cc1/C([C-]=O)=N\OC.[U].[Y]. The van der Waals surface area contributed by atoms with Gasteiger partial charge in [-0.2, -0.15) is 11.6 Å². The maximum absolute atomic E-state index is 10.7. The first-order chi connectivity index (χ1) is 7.10. The van der Waals surface area contributed by atoms with Crippen LogP contribution in [0.2, 0.25) is 0 Å². The van der Waals surface area contributed by atoms with E-state index in [1.807, 2.05) is 26.0 Å². The Morgan fingerprint density at radius 3 is 2.35 bits per heavy atom. The molecule has 1 aromatic rings. The van der Waals surface area contributed by atoms with Gasteiger partial charge in [-0.05, 0) is 12.6 Å². The summed E-state index contributed by atoms with van der Waals surface area (Å²) in [5.41, 5.74) is 3.76. The van der Waals surface area contributed by atoms with E-state index in [2.05, 4.69) is 16.9 Å². The number of hydrogen-bond donors (Lipinski definition) is 0. The Morgan fingerprint density at radius 2 is 1.88 bits per heavy atom. The first-order valence-electron chi connectivity index (χ1n) is 4.53. The van der Waals surface area contributed by atoms with E-state index < -0.39 is 0 Å². The predicted molar refractivity (Wildman–Crippen MR) is 59.6 cm³/mol. The molecule has 0 fully saturated rings. The van der Waals surface area contributed by atoms with E-state index in [9.17, 15) is 4.79 Å². The molecule has 0 amide bonds. The van der Waals surface area contributed by atoms with Crippen LogP contribution in [0.25, 0.3) is 0 Å². The van der Waals surface area contributed by atoms with Crippen molar-refractivity contribution in [2.45, 2.75) is 13.8 Å². The zero-order valence-electron chi connectivity index (χ0n) is 10.2. The molecule has 17 heavy (non-hydrogen) atoms. The van der Waals surface area contributed by atoms with Crippen molar-refractivity contribution in [1.82, 2.24) is 0 Å². The Kier molecular flexibility index (Phi) is 10.8. The molecule has 1 radical (unpaired) electrons. The summed E-state index contributed by atoms with van der Waals surface area (Å²) in [4.78, 5) is 15.3. The Morgan fingerprint density at radius 1 is 1.35 bits per heavy atom. The largest absolute Gasteiger partial charge is 0.417 e. The standard InChI is InChI=1S/C12H13NO2.U.Y/c1-8-5-10(3)11(6-9(8)2)12(7-14)13-15-4;;/h5-6H,3H2,1-2,4H3;;/q-2;;/b13-12-;;. The number of carbonyl (C=O) groups excluding carboxylic acids is 1. The molecule has 0 saturated carbocycles. The molecule has 0 aliphatic heterocycles. The number of nitrogens with zero attached hydrogens (tertiary/aromatic N) is 1. The fourth-order valence-corrected chi connectivity index (χ4v) is 1.31. The zero-order valence-corrected chi connectivity index (χ0v) is 17.2. The van der Waals surface area contributed by atoms with Crippen molar-refractivity contribution in [1.29, 1.82) is 0 Å². The Bertz CT molecular complexity index is 419. The summed E-state index contributed by atoms with van der Waals surface area (Å²) in [5, 5.41) is 3.60. The van der Waals surface area contributed by atoms with E-state index in [0.29, 0.717) is 5.56 Å². The quantitative estimate of drug-likeness (QED) is 0.341. The molecule has 0 unspecified atom stereocenters. The maximum atomic E-state index is 10.7. The van der Waals surface area contributed by atoms with Gasteiger partial charge in [0.15, 0.2) is 0 Å². The van der Waals surface area contributed by atoms with Crippen molar-refractivity contribution in [3.8, 4) is 0 Å². The molecule has 0 atom stereocenters. The Labute approximate surface area is 151 Å². The van der Waals surface area contributed by atoms with Crippen molar-refractivity contribution in [3.63, 3.8) is 0 Å². The normalized spacial score (nSPS) is 9.94. The molecule has 0 aliphatic carbocycles. The summed E-state index contributed by atoms with van der Waals surface area (Å²) >= 11 is 0. The number of aryl methyl sites for hydroxylation is 2. The maximum Gasteiger partial charge on any atom is 0.106 e. The minimum atomic E-state index is 0. The average Bonchev–Trinajstić information content (AvgIpc) is 2.20. The van der Waals surface area contributed by atoms with Gasteiger partial charge in [0.05, 0.1) is 0 Å². The van der Waals surface area contributed by atoms with Crippen LogP contribution in [-0.4, -0.2) is 19.1 Å². The van der Waals surface area contributed by atoms with Crippen molar-refractivity contribution in [2.24, 2.45) is 5.16 Å². The minimum Gasteiger partial charge on any atom is -0.417 e. The summed E-state index contributed by atoms with van der Waals surface area (Å²) in [6, 6.07) is 3.77. The van der Waals surface area contributed by atoms with Crippen molar-refractivity contribution in [3.05, 3.63) is 41.3 Å². The van der Waals surface area contributed by atoms with Crippen LogP contribution >= 0.6 is 0 Å².